The van der Waals surface area contributed by atoms with Gasteiger partial charge in [-0.3, -0.25) is 9.59 Å². The minimum Gasteiger partial charge on any atom is -0.481 e. The Morgan fingerprint density at radius 2 is 2.26 bits per heavy atom. The van der Waals surface area contributed by atoms with Crippen molar-refractivity contribution < 1.29 is 14.7 Å². The number of anilines is 1. The van der Waals surface area contributed by atoms with Crippen molar-refractivity contribution >= 4 is 17.7 Å². The van der Waals surface area contributed by atoms with Crippen molar-refractivity contribution in [3.05, 3.63) is 23.9 Å². The molecule has 0 spiro atoms. The van der Waals surface area contributed by atoms with Crippen LogP contribution < -0.4 is 11.1 Å². The van der Waals surface area contributed by atoms with E-state index in [-0.39, 0.29) is 11.8 Å². The maximum atomic E-state index is 11.2. The lowest BCUT2D eigenvalue weighted by molar-refractivity contribution is -0.142. The highest BCUT2D eigenvalue weighted by Crippen LogP contribution is 2.32. The number of pyridine rings is 1. The maximum absolute atomic E-state index is 11.2. The van der Waals surface area contributed by atoms with Gasteiger partial charge in [-0.25, -0.2) is 4.98 Å². The topological polar surface area (TPSA) is 105 Å². The lowest BCUT2D eigenvalue weighted by Crippen LogP contribution is -2.25. The molecule has 0 radical (unpaired) electrons. The van der Waals surface area contributed by atoms with Gasteiger partial charge >= 0.3 is 5.97 Å². The average Bonchev–Trinajstić information content (AvgIpc) is 2.85. The van der Waals surface area contributed by atoms with Gasteiger partial charge in [0.2, 0.25) is 0 Å². The molecule has 102 valence electrons. The molecule has 1 aliphatic carbocycles. The lowest BCUT2D eigenvalue weighted by atomic mass is 9.96. The third-order valence-corrected chi connectivity index (χ3v) is 3.58. The Morgan fingerprint density at radius 3 is 2.95 bits per heavy atom. The molecule has 1 heterocycles. The molecule has 2 rings (SSSR count). The fourth-order valence-electron chi connectivity index (χ4n) is 2.58. The molecule has 0 aliphatic heterocycles. The number of rotatable bonds is 5. The van der Waals surface area contributed by atoms with Crippen LogP contribution in [0.2, 0.25) is 0 Å². The predicted octanol–water partition coefficient (Wildman–Crippen LogP) is 1.09. The second-order valence-corrected chi connectivity index (χ2v) is 4.78. The van der Waals surface area contributed by atoms with Gasteiger partial charge in [-0.2, -0.15) is 0 Å². The van der Waals surface area contributed by atoms with Crippen LogP contribution in [-0.2, 0) is 4.79 Å². The Hall–Kier alpha value is -2.11. The summed E-state index contributed by atoms with van der Waals surface area (Å²) in [5, 5.41) is 12.2. The zero-order valence-corrected chi connectivity index (χ0v) is 10.5. The van der Waals surface area contributed by atoms with Crippen molar-refractivity contribution in [1.29, 1.82) is 0 Å². The van der Waals surface area contributed by atoms with Gasteiger partial charge < -0.3 is 16.2 Å². The summed E-state index contributed by atoms with van der Waals surface area (Å²) in [4.78, 5) is 26.4. The molecule has 0 bridgehead atoms. The van der Waals surface area contributed by atoms with E-state index in [9.17, 15) is 9.59 Å². The molecule has 1 amide bonds. The summed E-state index contributed by atoms with van der Waals surface area (Å²) in [6.45, 7) is 0.494. The SMILES string of the molecule is NC(=O)c1cccnc1NCC1CCCC1C(=O)O. The van der Waals surface area contributed by atoms with Gasteiger partial charge in [0.25, 0.3) is 5.91 Å². The highest BCUT2D eigenvalue weighted by atomic mass is 16.4. The number of carbonyl (C=O) groups is 2. The summed E-state index contributed by atoms with van der Waals surface area (Å²) < 4.78 is 0. The molecule has 1 aliphatic rings. The van der Waals surface area contributed by atoms with E-state index in [4.69, 9.17) is 10.8 Å². The van der Waals surface area contributed by atoms with Crippen molar-refractivity contribution in [3.8, 4) is 0 Å². The first-order valence-corrected chi connectivity index (χ1v) is 6.31. The second-order valence-electron chi connectivity index (χ2n) is 4.78. The van der Waals surface area contributed by atoms with Crippen LogP contribution in [0.3, 0.4) is 0 Å². The van der Waals surface area contributed by atoms with E-state index in [1.165, 1.54) is 0 Å². The summed E-state index contributed by atoms with van der Waals surface area (Å²) in [6, 6.07) is 3.24. The molecule has 1 aromatic heterocycles. The molecule has 0 saturated heterocycles. The molecule has 1 saturated carbocycles. The lowest BCUT2D eigenvalue weighted by Gasteiger charge is -2.17. The molecular weight excluding hydrogens is 246 g/mol. The fraction of sp³-hybridized carbons (Fsp3) is 0.462. The molecule has 2 unspecified atom stereocenters. The van der Waals surface area contributed by atoms with Gasteiger partial charge in [-0.1, -0.05) is 6.42 Å². The van der Waals surface area contributed by atoms with Crippen LogP contribution >= 0.6 is 0 Å². The van der Waals surface area contributed by atoms with Gasteiger partial charge in [-0.15, -0.1) is 0 Å². The van der Waals surface area contributed by atoms with Crippen molar-refractivity contribution in [2.24, 2.45) is 17.6 Å². The number of nitrogens with zero attached hydrogens (tertiary/aromatic N) is 1. The number of carboxylic acid groups (broad SMARTS) is 1. The van der Waals surface area contributed by atoms with Crippen molar-refractivity contribution in [2.75, 3.05) is 11.9 Å². The Balaban J connectivity index is 2.03. The number of hydrogen-bond donors (Lipinski definition) is 3. The van der Waals surface area contributed by atoms with E-state index in [0.29, 0.717) is 24.3 Å². The number of carboxylic acids is 1. The highest BCUT2D eigenvalue weighted by molar-refractivity contribution is 5.97. The number of nitrogens with one attached hydrogen (secondary N) is 1. The third-order valence-electron chi connectivity index (χ3n) is 3.58. The summed E-state index contributed by atoms with van der Waals surface area (Å²) in [6.07, 6.45) is 4.08. The number of hydrogen-bond acceptors (Lipinski definition) is 4. The molecule has 0 aromatic carbocycles. The highest BCUT2D eigenvalue weighted by Gasteiger charge is 2.32. The summed E-state index contributed by atoms with van der Waals surface area (Å²) in [7, 11) is 0. The second kappa shape index (κ2) is 5.69. The molecular formula is C13H17N3O3. The predicted molar refractivity (Wildman–Crippen MR) is 69.7 cm³/mol. The van der Waals surface area contributed by atoms with Gasteiger partial charge in [0, 0.05) is 12.7 Å². The van der Waals surface area contributed by atoms with Crippen LogP contribution in [0.1, 0.15) is 29.6 Å². The molecule has 6 nitrogen and oxygen atoms in total. The van der Waals surface area contributed by atoms with Gasteiger partial charge in [0.15, 0.2) is 0 Å². The van der Waals surface area contributed by atoms with Gasteiger partial charge in [0.1, 0.15) is 5.82 Å². The van der Waals surface area contributed by atoms with Crippen molar-refractivity contribution in [1.82, 2.24) is 4.98 Å². The minimum absolute atomic E-state index is 0.0697. The smallest absolute Gasteiger partial charge is 0.306 e. The monoisotopic (exact) mass is 263 g/mol. The zero-order valence-electron chi connectivity index (χ0n) is 10.5. The summed E-state index contributed by atoms with van der Waals surface area (Å²) in [5.74, 6) is -1.11. The van der Waals surface area contributed by atoms with Gasteiger partial charge in [-0.05, 0) is 30.9 Å². The van der Waals surface area contributed by atoms with Crippen LogP contribution in [0, 0.1) is 11.8 Å². The van der Waals surface area contributed by atoms with Crippen LogP contribution in [0.4, 0.5) is 5.82 Å². The van der Waals surface area contributed by atoms with Crippen molar-refractivity contribution in [3.63, 3.8) is 0 Å². The molecule has 1 aromatic rings. The Bertz CT molecular complexity index is 490. The number of primary amides is 1. The number of aliphatic carboxylic acids is 1. The van der Waals surface area contributed by atoms with Crippen molar-refractivity contribution in [2.45, 2.75) is 19.3 Å². The standard InChI is InChI=1S/C13H17N3O3/c14-11(17)10-5-2-6-15-12(10)16-7-8-3-1-4-9(8)13(18)19/h2,5-6,8-9H,1,3-4,7H2,(H2,14,17)(H,15,16)(H,18,19). The normalized spacial score (nSPS) is 22.1. The number of carbonyl (C=O) groups excluding carboxylic acids is 1. The average molecular weight is 263 g/mol. The van der Waals surface area contributed by atoms with Gasteiger partial charge in [0.05, 0.1) is 11.5 Å². The molecule has 2 atom stereocenters. The minimum atomic E-state index is -0.750. The number of nitrogens with two attached hydrogens (primary N) is 1. The van der Waals surface area contributed by atoms with E-state index < -0.39 is 11.9 Å². The molecule has 19 heavy (non-hydrogen) atoms. The van der Waals surface area contributed by atoms with E-state index >= 15 is 0 Å². The van der Waals surface area contributed by atoms with Crippen LogP contribution in [0.15, 0.2) is 18.3 Å². The van der Waals surface area contributed by atoms with Crippen LogP contribution in [-0.4, -0.2) is 28.5 Å². The Kier molecular flexibility index (Phi) is 3.99. The number of amides is 1. The first-order chi connectivity index (χ1) is 9.09. The molecule has 1 fully saturated rings. The van der Waals surface area contributed by atoms with E-state index in [0.717, 1.165) is 12.8 Å². The number of aromatic nitrogens is 1. The first-order valence-electron chi connectivity index (χ1n) is 6.31. The van der Waals surface area contributed by atoms with E-state index in [2.05, 4.69) is 10.3 Å². The fourth-order valence-corrected chi connectivity index (χ4v) is 2.58. The Morgan fingerprint density at radius 1 is 1.47 bits per heavy atom. The van der Waals surface area contributed by atoms with Crippen LogP contribution in [0.25, 0.3) is 0 Å². The summed E-state index contributed by atoms with van der Waals surface area (Å²) in [5.41, 5.74) is 5.59. The summed E-state index contributed by atoms with van der Waals surface area (Å²) >= 11 is 0. The largest absolute Gasteiger partial charge is 0.481 e. The molecule has 4 N–H and O–H groups in total. The molecule has 6 heteroatoms. The van der Waals surface area contributed by atoms with E-state index in [1.54, 1.807) is 18.3 Å². The first kappa shape index (κ1) is 13.3. The Labute approximate surface area is 111 Å². The maximum Gasteiger partial charge on any atom is 0.306 e. The third kappa shape index (κ3) is 3.01. The quantitative estimate of drug-likeness (QED) is 0.737. The zero-order chi connectivity index (χ0) is 13.8. The van der Waals surface area contributed by atoms with E-state index in [1.807, 2.05) is 0 Å². The van der Waals surface area contributed by atoms with Crippen LogP contribution in [0.5, 0.6) is 0 Å².